The molecule has 1 amide bonds. The highest BCUT2D eigenvalue weighted by Crippen LogP contribution is 2.16. The molecule has 0 aliphatic heterocycles. The van der Waals surface area contributed by atoms with Crippen molar-refractivity contribution >= 4 is 22.6 Å². The third kappa shape index (κ3) is 2.76. The minimum absolute atomic E-state index is 0.00179. The van der Waals surface area contributed by atoms with Crippen molar-refractivity contribution in [1.29, 1.82) is 0 Å². The van der Waals surface area contributed by atoms with Gasteiger partial charge in [0, 0.05) is 11.8 Å². The van der Waals surface area contributed by atoms with Gasteiger partial charge in [0.15, 0.2) is 11.2 Å². The molecule has 0 bridgehead atoms. The molecule has 0 aliphatic carbocycles. The van der Waals surface area contributed by atoms with E-state index in [1.54, 1.807) is 24.3 Å². The normalized spacial score (nSPS) is 10.6. The van der Waals surface area contributed by atoms with Gasteiger partial charge in [0.25, 0.3) is 5.91 Å². The summed E-state index contributed by atoms with van der Waals surface area (Å²) >= 11 is 0. The predicted octanol–water partition coefficient (Wildman–Crippen LogP) is 3.66. The smallest absolute Gasteiger partial charge is 0.291 e. The van der Waals surface area contributed by atoms with E-state index in [0.717, 1.165) is 11.1 Å². The quantitative estimate of drug-likeness (QED) is 0.784. The molecule has 1 N–H and O–H groups in total. The van der Waals surface area contributed by atoms with Crippen LogP contribution in [0.15, 0.2) is 57.7 Å². The summed E-state index contributed by atoms with van der Waals surface area (Å²) in [7, 11) is 0. The fourth-order valence-electron chi connectivity index (χ4n) is 2.21. The maximum Gasteiger partial charge on any atom is 0.291 e. The van der Waals surface area contributed by atoms with Crippen LogP contribution in [0.4, 0.5) is 5.69 Å². The zero-order valence-corrected chi connectivity index (χ0v) is 12.3. The summed E-state index contributed by atoms with van der Waals surface area (Å²) in [6.45, 7) is 3.87. The van der Waals surface area contributed by atoms with E-state index in [1.807, 2.05) is 32.0 Å². The van der Waals surface area contributed by atoms with Crippen molar-refractivity contribution in [3.05, 3.63) is 75.6 Å². The lowest BCUT2D eigenvalue weighted by molar-refractivity contribution is 0.0997. The Morgan fingerprint density at radius 3 is 2.36 bits per heavy atom. The average Bonchev–Trinajstić information content (AvgIpc) is 2.50. The topological polar surface area (TPSA) is 59.3 Å². The standard InChI is InChI=1S/C18H15NO3/c1-11-3-6-13(7-4-11)19-18(21)17-10-15(20)14-9-12(2)5-8-16(14)22-17/h3-10H,1-2H3,(H,19,21). The lowest BCUT2D eigenvalue weighted by Gasteiger charge is -2.06. The number of amides is 1. The summed E-state index contributed by atoms with van der Waals surface area (Å²) in [5.74, 6) is -0.439. The molecule has 0 radical (unpaired) electrons. The Balaban J connectivity index is 1.96. The van der Waals surface area contributed by atoms with Crippen molar-refractivity contribution in [2.75, 3.05) is 5.32 Å². The second-order valence-corrected chi connectivity index (χ2v) is 5.29. The molecule has 0 atom stereocenters. The van der Waals surface area contributed by atoms with Crippen molar-refractivity contribution in [3.63, 3.8) is 0 Å². The van der Waals surface area contributed by atoms with E-state index >= 15 is 0 Å². The molecule has 1 heterocycles. The number of hydrogen-bond acceptors (Lipinski definition) is 3. The number of anilines is 1. The molecule has 110 valence electrons. The molecular formula is C18H15NO3. The molecule has 4 nitrogen and oxygen atoms in total. The van der Waals surface area contributed by atoms with E-state index in [9.17, 15) is 9.59 Å². The first kappa shape index (κ1) is 14.1. The van der Waals surface area contributed by atoms with E-state index in [-0.39, 0.29) is 11.2 Å². The first-order valence-corrected chi connectivity index (χ1v) is 6.95. The first-order valence-electron chi connectivity index (χ1n) is 6.95. The monoisotopic (exact) mass is 293 g/mol. The number of carbonyl (C=O) groups excluding carboxylic acids is 1. The van der Waals surface area contributed by atoms with Crippen LogP contribution in [-0.4, -0.2) is 5.91 Å². The summed E-state index contributed by atoms with van der Waals surface area (Å²) in [6.07, 6.45) is 0. The highest BCUT2D eigenvalue weighted by molar-refractivity contribution is 6.02. The van der Waals surface area contributed by atoms with Gasteiger partial charge in [-0.25, -0.2) is 0 Å². The molecule has 0 saturated carbocycles. The Kier molecular flexibility index (Phi) is 3.51. The molecule has 3 rings (SSSR count). The van der Waals surface area contributed by atoms with Crippen LogP contribution in [0.25, 0.3) is 11.0 Å². The van der Waals surface area contributed by atoms with Gasteiger partial charge in [-0.1, -0.05) is 29.3 Å². The largest absolute Gasteiger partial charge is 0.451 e. The Bertz CT molecular complexity index is 908. The number of aryl methyl sites for hydroxylation is 2. The SMILES string of the molecule is Cc1ccc(NC(=O)c2cc(=O)c3cc(C)ccc3o2)cc1. The van der Waals surface area contributed by atoms with Gasteiger partial charge < -0.3 is 9.73 Å². The molecule has 0 aliphatic rings. The maximum atomic E-state index is 12.2. The second-order valence-electron chi connectivity index (χ2n) is 5.29. The van der Waals surface area contributed by atoms with E-state index in [1.165, 1.54) is 6.07 Å². The van der Waals surface area contributed by atoms with E-state index in [0.29, 0.717) is 16.7 Å². The minimum atomic E-state index is -0.441. The average molecular weight is 293 g/mol. The molecule has 0 saturated heterocycles. The molecule has 0 unspecified atom stereocenters. The predicted molar refractivity (Wildman–Crippen MR) is 86.4 cm³/mol. The van der Waals surface area contributed by atoms with Crippen molar-refractivity contribution in [2.24, 2.45) is 0 Å². The van der Waals surface area contributed by atoms with Crippen LogP contribution in [-0.2, 0) is 0 Å². The van der Waals surface area contributed by atoms with Gasteiger partial charge in [-0.3, -0.25) is 9.59 Å². The Labute approximate surface area is 127 Å². The van der Waals surface area contributed by atoms with Crippen LogP contribution in [0.2, 0.25) is 0 Å². The van der Waals surface area contributed by atoms with E-state index < -0.39 is 5.91 Å². The van der Waals surface area contributed by atoms with E-state index in [2.05, 4.69) is 5.32 Å². The number of nitrogens with one attached hydrogen (secondary N) is 1. The number of carbonyl (C=O) groups is 1. The fraction of sp³-hybridized carbons (Fsp3) is 0.111. The van der Waals surface area contributed by atoms with Gasteiger partial charge in [0.1, 0.15) is 5.58 Å². The Hall–Kier alpha value is -2.88. The van der Waals surface area contributed by atoms with E-state index in [4.69, 9.17) is 4.42 Å². The van der Waals surface area contributed by atoms with Crippen molar-refractivity contribution in [3.8, 4) is 0 Å². The minimum Gasteiger partial charge on any atom is -0.451 e. The molecule has 1 aromatic heterocycles. The Morgan fingerprint density at radius 1 is 0.955 bits per heavy atom. The van der Waals surface area contributed by atoms with Crippen LogP contribution < -0.4 is 10.7 Å². The van der Waals surface area contributed by atoms with Crippen LogP contribution in [0, 0.1) is 13.8 Å². The molecular weight excluding hydrogens is 278 g/mol. The highest BCUT2D eigenvalue weighted by atomic mass is 16.3. The summed E-state index contributed by atoms with van der Waals surface area (Å²) in [6, 6.07) is 13.9. The highest BCUT2D eigenvalue weighted by Gasteiger charge is 2.12. The van der Waals surface area contributed by atoms with Crippen LogP contribution in [0.1, 0.15) is 21.7 Å². The molecule has 2 aromatic carbocycles. The number of benzene rings is 2. The zero-order valence-electron chi connectivity index (χ0n) is 12.3. The van der Waals surface area contributed by atoms with Gasteiger partial charge in [0.2, 0.25) is 0 Å². The first-order chi connectivity index (χ1) is 10.5. The van der Waals surface area contributed by atoms with Crippen LogP contribution in [0.5, 0.6) is 0 Å². The molecule has 3 aromatic rings. The lowest BCUT2D eigenvalue weighted by atomic mass is 10.1. The number of hydrogen-bond donors (Lipinski definition) is 1. The molecule has 4 heteroatoms. The Morgan fingerprint density at radius 2 is 1.64 bits per heavy atom. The third-order valence-corrected chi connectivity index (χ3v) is 3.42. The summed E-state index contributed by atoms with van der Waals surface area (Å²) in [4.78, 5) is 24.3. The number of rotatable bonds is 2. The third-order valence-electron chi connectivity index (χ3n) is 3.42. The fourth-order valence-corrected chi connectivity index (χ4v) is 2.21. The van der Waals surface area contributed by atoms with Crippen molar-refractivity contribution in [1.82, 2.24) is 0 Å². The van der Waals surface area contributed by atoms with Crippen molar-refractivity contribution in [2.45, 2.75) is 13.8 Å². The van der Waals surface area contributed by atoms with Gasteiger partial charge in [-0.05, 0) is 38.1 Å². The molecule has 22 heavy (non-hydrogen) atoms. The lowest BCUT2D eigenvalue weighted by Crippen LogP contribution is -2.15. The number of fused-ring (bicyclic) bond motifs is 1. The second kappa shape index (κ2) is 5.48. The van der Waals surface area contributed by atoms with Crippen LogP contribution in [0.3, 0.4) is 0 Å². The summed E-state index contributed by atoms with van der Waals surface area (Å²) in [5, 5.41) is 3.20. The van der Waals surface area contributed by atoms with Crippen LogP contribution >= 0.6 is 0 Å². The molecule has 0 fully saturated rings. The maximum absolute atomic E-state index is 12.2. The summed E-state index contributed by atoms with van der Waals surface area (Å²) in [5.41, 5.74) is 2.91. The summed E-state index contributed by atoms with van der Waals surface area (Å²) < 4.78 is 5.54. The van der Waals surface area contributed by atoms with Gasteiger partial charge in [-0.2, -0.15) is 0 Å². The molecule has 0 spiro atoms. The zero-order chi connectivity index (χ0) is 15.7. The van der Waals surface area contributed by atoms with Gasteiger partial charge in [0.05, 0.1) is 5.39 Å². The van der Waals surface area contributed by atoms with Crippen molar-refractivity contribution < 1.29 is 9.21 Å². The van der Waals surface area contributed by atoms with Gasteiger partial charge >= 0.3 is 0 Å². The van der Waals surface area contributed by atoms with Gasteiger partial charge in [-0.15, -0.1) is 0 Å².